The van der Waals surface area contributed by atoms with Gasteiger partial charge in [-0.05, 0) is 31.5 Å². The van der Waals surface area contributed by atoms with Gasteiger partial charge in [0.15, 0.2) is 10.8 Å². The second kappa shape index (κ2) is 7.11. The van der Waals surface area contributed by atoms with Gasteiger partial charge in [-0.3, -0.25) is 4.90 Å². The Kier molecular flexibility index (Phi) is 4.53. The lowest BCUT2D eigenvalue weighted by Gasteiger charge is -2.31. The van der Waals surface area contributed by atoms with E-state index in [1.54, 1.807) is 30.1 Å². The molecule has 0 radical (unpaired) electrons. The van der Waals surface area contributed by atoms with E-state index in [0.29, 0.717) is 11.7 Å². The van der Waals surface area contributed by atoms with Gasteiger partial charge in [-0.15, -0.1) is 11.3 Å². The van der Waals surface area contributed by atoms with Gasteiger partial charge in [0.1, 0.15) is 6.33 Å². The summed E-state index contributed by atoms with van der Waals surface area (Å²) in [6.07, 6.45) is 9.34. The first-order chi connectivity index (χ1) is 11.9. The maximum Gasteiger partial charge on any atom is 0.188 e. The van der Waals surface area contributed by atoms with Gasteiger partial charge < -0.3 is 0 Å². The van der Waals surface area contributed by atoms with Crippen LogP contribution in [0.2, 0.25) is 0 Å². The molecule has 3 aromatic heterocycles. The van der Waals surface area contributed by atoms with Crippen LogP contribution in [0, 0.1) is 0 Å². The summed E-state index contributed by atoms with van der Waals surface area (Å²) in [4.78, 5) is 24.1. The fourth-order valence-corrected chi connectivity index (χ4v) is 3.86. The molecule has 0 aliphatic carbocycles. The molecule has 0 amide bonds. The van der Waals surface area contributed by atoms with Crippen LogP contribution in [-0.2, 0) is 6.54 Å². The first kappa shape index (κ1) is 15.3. The summed E-state index contributed by atoms with van der Waals surface area (Å²) < 4.78 is 0. The average Bonchev–Trinajstić information content (AvgIpc) is 3.12. The number of aromatic nitrogens is 5. The van der Waals surface area contributed by atoms with Crippen LogP contribution in [-0.4, -0.2) is 42.9 Å². The third-order valence-corrected chi connectivity index (χ3v) is 5.11. The van der Waals surface area contributed by atoms with Crippen molar-refractivity contribution in [2.45, 2.75) is 25.3 Å². The number of likely N-dealkylation sites (tertiary alicyclic amines) is 1. The molecule has 1 saturated heterocycles. The highest BCUT2D eigenvalue weighted by Crippen LogP contribution is 2.27. The molecule has 6 nitrogen and oxygen atoms in total. The van der Waals surface area contributed by atoms with Crippen LogP contribution in [0.4, 0.5) is 0 Å². The van der Waals surface area contributed by atoms with Crippen molar-refractivity contribution in [3.63, 3.8) is 0 Å². The third-order valence-electron chi connectivity index (χ3n) is 4.22. The Morgan fingerprint density at radius 2 is 2.08 bits per heavy atom. The van der Waals surface area contributed by atoms with Gasteiger partial charge in [0.05, 0.1) is 5.69 Å². The normalized spacial score (nSPS) is 18.6. The number of thiazole rings is 1. The van der Waals surface area contributed by atoms with Crippen molar-refractivity contribution < 1.29 is 0 Å². The predicted molar refractivity (Wildman–Crippen MR) is 92.4 cm³/mol. The zero-order valence-electron chi connectivity index (χ0n) is 13.2. The lowest BCUT2D eigenvalue weighted by molar-refractivity contribution is 0.197. The summed E-state index contributed by atoms with van der Waals surface area (Å²) in [6.45, 7) is 2.99. The van der Waals surface area contributed by atoms with Gasteiger partial charge in [-0.1, -0.05) is 0 Å². The second-order valence-corrected chi connectivity index (χ2v) is 6.78. The Morgan fingerprint density at radius 3 is 2.92 bits per heavy atom. The topological polar surface area (TPSA) is 67.7 Å². The summed E-state index contributed by atoms with van der Waals surface area (Å²) >= 11 is 1.61. The highest BCUT2D eigenvalue weighted by molar-refractivity contribution is 7.13. The van der Waals surface area contributed by atoms with Crippen molar-refractivity contribution in [1.82, 2.24) is 29.8 Å². The zero-order valence-corrected chi connectivity index (χ0v) is 14.1. The molecule has 24 heavy (non-hydrogen) atoms. The first-order valence-corrected chi connectivity index (χ1v) is 8.96. The maximum absolute atomic E-state index is 4.70. The number of hydrogen-bond donors (Lipinski definition) is 0. The quantitative estimate of drug-likeness (QED) is 0.729. The van der Waals surface area contributed by atoms with E-state index in [2.05, 4.69) is 30.2 Å². The van der Waals surface area contributed by atoms with Crippen molar-refractivity contribution in [2.75, 3.05) is 13.1 Å². The van der Waals surface area contributed by atoms with E-state index in [1.165, 1.54) is 12.8 Å². The van der Waals surface area contributed by atoms with Gasteiger partial charge in [0, 0.05) is 48.7 Å². The lowest BCUT2D eigenvalue weighted by Crippen LogP contribution is -2.34. The largest absolute Gasteiger partial charge is 0.297 e. The van der Waals surface area contributed by atoms with E-state index in [9.17, 15) is 0 Å². The van der Waals surface area contributed by atoms with Crippen LogP contribution in [0.1, 0.15) is 30.1 Å². The van der Waals surface area contributed by atoms with Crippen LogP contribution in [0.5, 0.6) is 0 Å². The van der Waals surface area contributed by atoms with Crippen molar-refractivity contribution in [2.24, 2.45) is 0 Å². The van der Waals surface area contributed by atoms with Gasteiger partial charge in [-0.25, -0.2) is 24.9 Å². The standard InChI is InChI=1S/C17H18N6S/c1-3-13(15-4-7-18-12-21-15)9-23(8-1)10-14-11-24-17(22-14)16-19-5-2-6-20-16/h2,4-7,11-13H,1,3,8-10H2/t13-/m0/s1. The summed E-state index contributed by atoms with van der Waals surface area (Å²) in [5.74, 6) is 1.18. The molecule has 0 bridgehead atoms. The molecule has 1 aliphatic heterocycles. The Labute approximate surface area is 144 Å². The fourth-order valence-electron chi connectivity index (χ4n) is 3.10. The molecule has 1 fully saturated rings. The molecule has 0 saturated carbocycles. The molecule has 0 spiro atoms. The van der Waals surface area contributed by atoms with Crippen molar-refractivity contribution >= 4 is 11.3 Å². The smallest absolute Gasteiger partial charge is 0.188 e. The highest BCUT2D eigenvalue weighted by atomic mass is 32.1. The zero-order chi connectivity index (χ0) is 16.2. The van der Waals surface area contributed by atoms with Crippen molar-refractivity contribution in [3.8, 4) is 10.8 Å². The first-order valence-electron chi connectivity index (χ1n) is 8.08. The molecular weight excluding hydrogens is 320 g/mol. The number of rotatable bonds is 4. The molecular formula is C17H18N6S. The van der Waals surface area contributed by atoms with E-state index in [4.69, 9.17) is 4.98 Å². The van der Waals surface area contributed by atoms with Crippen LogP contribution in [0.3, 0.4) is 0 Å². The minimum absolute atomic E-state index is 0.484. The third kappa shape index (κ3) is 3.47. The molecule has 0 unspecified atom stereocenters. The predicted octanol–water partition coefficient (Wildman–Crippen LogP) is 2.77. The van der Waals surface area contributed by atoms with Crippen molar-refractivity contribution in [3.05, 3.63) is 53.8 Å². The Morgan fingerprint density at radius 1 is 1.17 bits per heavy atom. The SMILES string of the molecule is c1cnc(-c2nc(CN3CCC[C@H](c4ccncn4)C3)cs2)nc1. The van der Waals surface area contributed by atoms with Gasteiger partial charge in [0.25, 0.3) is 0 Å². The number of nitrogens with zero attached hydrogens (tertiary/aromatic N) is 6. The minimum Gasteiger partial charge on any atom is -0.297 e. The summed E-state index contributed by atoms with van der Waals surface area (Å²) in [5.41, 5.74) is 2.23. The summed E-state index contributed by atoms with van der Waals surface area (Å²) in [6, 6.07) is 3.85. The molecule has 0 aromatic carbocycles. The summed E-state index contributed by atoms with van der Waals surface area (Å²) in [7, 11) is 0. The van der Waals surface area contributed by atoms with Crippen molar-refractivity contribution in [1.29, 1.82) is 0 Å². The lowest BCUT2D eigenvalue weighted by atomic mass is 9.94. The minimum atomic E-state index is 0.484. The van der Waals surface area contributed by atoms with E-state index in [0.717, 1.165) is 36.0 Å². The molecule has 4 heterocycles. The molecule has 7 heteroatoms. The maximum atomic E-state index is 4.70. The molecule has 122 valence electrons. The van der Waals surface area contributed by atoms with Crippen LogP contribution in [0.25, 0.3) is 10.8 Å². The Balaban J connectivity index is 1.43. The van der Waals surface area contributed by atoms with Crippen LogP contribution in [0.15, 0.2) is 42.4 Å². The monoisotopic (exact) mass is 338 g/mol. The summed E-state index contributed by atoms with van der Waals surface area (Å²) in [5, 5.41) is 3.00. The molecule has 3 aromatic rings. The molecule has 1 aliphatic rings. The average molecular weight is 338 g/mol. The molecule has 1 atom stereocenters. The van der Waals surface area contributed by atoms with Gasteiger partial charge in [-0.2, -0.15) is 0 Å². The van der Waals surface area contributed by atoms with E-state index >= 15 is 0 Å². The van der Waals surface area contributed by atoms with Gasteiger partial charge >= 0.3 is 0 Å². The van der Waals surface area contributed by atoms with E-state index in [1.807, 2.05) is 18.3 Å². The second-order valence-electron chi connectivity index (χ2n) is 5.92. The number of hydrogen-bond acceptors (Lipinski definition) is 7. The highest BCUT2D eigenvalue weighted by Gasteiger charge is 2.23. The molecule has 4 rings (SSSR count). The van der Waals surface area contributed by atoms with Crippen LogP contribution >= 0.6 is 11.3 Å². The van der Waals surface area contributed by atoms with Gasteiger partial charge in [0.2, 0.25) is 0 Å². The Hall–Kier alpha value is -2.25. The van der Waals surface area contributed by atoms with Crippen LogP contribution < -0.4 is 0 Å². The van der Waals surface area contributed by atoms with E-state index < -0.39 is 0 Å². The Bertz CT molecular complexity index is 776. The fraction of sp³-hybridized carbons (Fsp3) is 0.353. The molecule has 0 N–H and O–H groups in total. The van der Waals surface area contributed by atoms with E-state index in [-0.39, 0.29) is 0 Å². The number of piperidine rings is 1.